The highest BCUT2D eigenvalue weighted by molar-refractivity contribution is 9.07. The summed E-state index contributed by atoms with van der Waals surface area (Å²) in [6, 6.07) is -1.35. The molecule has 8 heteroatoms. The first-order valence-corrected chi connectivity index (χ1v) is 5.57. The van der Waals surface area contributed by atoms with Crippen molar-refractivity contribution in [3.63, 3.8) is 0 Å². The van der Waals surface area contributed by atoms with E-state index in [0.29, 0.717) is 4.90 Å². The molecule has 1 saturated heterocycles. The second-order valence-corrected chi connectivity index (χ2v) is 4.43. The van der Waals surface area contributed by atoms with E-state index in [-0.39, 0.29) is 19.4 Å². The number of aliphatic carboxylic acids is 1. The van der Waals surface area contributed by atoms with E-state index in [1.54, 1.807) is 0 Å². The summed E-state index contributed by atoms with van der Waals surface area (Å²) >= 11 is 2.87. The SMILES string of the molecule is CC(=O)N(Br)CC(C(=O)O)N1C(=O)CCC1=O. The van der Waals surface area contributed by atoms with Crippen molar-refractivity contribution in [2.45, 2.75) is 25.8 Å². The minimum absolute atomic E-state index is 0.0188. The maximum Gasteiger partial charge on any atom is 0.328 e. The van der Waals surface area contributed by atoms with Crippen LogP contribution in [-0.2, 0) is 19.2 Å². The molecule has 1 atom stereocenters. The van der Waals surface area contributed by atoms with E-state index in [9.17, 15) is 19.2 Å². The van der Waals surface area contributed by atoms with Crippen molar-refractivity contribution < 1.29 is 24.3 Å². The molecule has 1 aliphatic rings. The molecule has 7 nitrogen and oxygen atoms in total. The zero-order chi connectivity index (χ0) is 13.2. The third-order valence-corrected chi connectivity index (χ3v) is 3.15. The summed E-state index contributed by atoms with van der Waals surface area (Å²) < 4.78 is 0.977. The second-order valence-electron chi connectivity index (χ2n) is 3.58. The Balaban J connectivity index is 2.86. The van der Waals surface area contributed by atoms with Crippen molar-refractivity contribution in [3.8, 4) is 0 Å². The van der Waals surface area contributed by atoms with Gasteiger partial charge in [0.05, 0.1) is 22.7 Å². The van der Waals surface area contributed by atoms with Crippen LogP contribution in [0.15, 0.2) is 0 Å². The summed E-state index contributed by atoms with van der Waals surface area (Å²) in [5, 5.41) is 8.99. The molecule has 1 N–H and O–H groups in total. The summed E-state index contributed by atoms with van der Waals surface area (Å²) in [4.78, 5) is 45.5. The lowest BCUT2D eigenvalue weighted by atomic mass is 10.2. The molecular weight excluding hydrogens is 296 g/mol. The quantitative estimate of drug-likeness (QED) is 0.571. The van der Waals surface area contributed by atoms with Crippen molar-refractivity contribution in [3.05, 3.63) is 0 Å². The summed E-state index contributed by atoms with van der Waals surface area (Å²) in [5.41, 5.74) is 0. The summed E-state index contributed by atoms with van der Waals surface area (Å²) in [7, 11) is 0. The number of nitrogens with zero attached hydrogens (tertiary/aromatic N) is 2. The van der Waals surface area contributed by atoms with Gasteiger partial charge in [-0.25, -0.2) is 4.79 Å². The van der Waals surface area contributed by atoms with E-state index < -0.39 is 29.7 Å². The van der Waals surface area contributed by atoms with E-state index in [2.05, 4.69) is 16.1 Å². The van der Waals surface area contributed by atoms with Crippen molar-refractivity contribution in [2.24, 2.45) is 0 Å². The van der Waals surface area contributed by atoms with Crippen LogP contribution in [0.3, 0.4) is 0 Å². The van der Waals surface area contributed by atoms with E-state index in [1.165, 1.54) is 6.92 Å². The van der Waals surface area contributed by atoms with Crippen LogP contribution in [0.25, 0.3) is 0 Å². The van der Waals surface area contributed by atoms with Crippen molar-refractivity contribution in [2.75, 3.05) is 6.54 Å². The van der Waals surface area contributed by atoms with Gasteiger partial charge < -0.3 is 5.11 Å². The Hall–Kier alpha value is -1.44. The summed E-state index contributed by atoms with van der Waals surface area (Å²) in [5.74, 6) is -2.77. The Morgan fingerprint density at radius 2 is 1.88 bits per heavy atom. The van der Waals surface area contributed by atoms with E-state index in [4.69, 9.17) is 5.11 Å². The van der Waals surface area contributed by atoms with Crippen LogP contribution in [0, 0.1) is 0 Å². The lowest BCUT2D eigenvalue weighted by Crippen LogP contribution is -2.49. The lowest BCUT2D eigenvalue weighted by Gasteiger charge is -2.25. The molecule has 0 aromatic rings. The molecule has 1 unspecified atom stereocenters. The maximum atomic E-state index is 11.4. The zero-order valence-electron chi connectivity index (χ0n) is 9.05. The third kappa shape index (κ3) is 3.02. The molecule has 0 aliphatic carbocycles. The van der Waals surface area contributed by atoms with Gasteiger partial charge in [-0.1, -0.05) is 0 Å². The molecule has 0 spiro atoms. The Morgan fingerprint density at radius 1 is 1.41 bits per heavy atom. The average Bonchev–Trinajstić information content (AvgIpc) is 2.55. The first-order chi connectivity index (χ1) is 7.84. The molecule has 0 aromatic carbocycles. The minimum Gasteiger partial charge on any atom is -0.480 e. The van der Waals surface area contributed by atoms with Gasteiger partial charge >= 0.3 is 5.97 Å². The number of carbonyl (C=O) groups excluding carboxylic acids is 3. The van der Waals surface area contributed by atoms with Crippen LogP contribution in [0.2, 0.25) is 0 Å². The van der Waals surface area contributed by atoms with Crippen LogP contribution in [-0.4, -0.2) is 50.2 Å². The fourth-order valence-electron chi connectivity index (χ4n) is 1.49. The molecule has 0 bridgehead atoms. The minimum atomic E-state index is -1.35. The van der Waals surface area contributed by atoms with Gasteiger partial charge in [-0.15, -0.1) is 0 Å². The number of likely N-dealkylation sites (tertiary alicyclic amines) is 1. The Labute approximate surface area is 106 Å². The number of rotatable bonds is 4. The normalized spacial score (nSPS) is 17.2. The number of imide groups is 1. The number of carboxylic acids is 1. The number of amides is 3. The molecule has 1 fully saturated rings. The molecule has 0 radical (unpaired) electrons. The van der Waals surface area contributed by atoms with Crippen LogP contribution < -0.4 is 0 Å². The highest BCUT2D eigenvalue weighted by Gasteiger charge is 2.39. The van der Waals surface area contributed by atoms with Crippen LogP contribution >= 0.6 is 16.1 Å². The smallest absolute Gasteiger partial charge is 0.328 e. The van der Waals surface area contributed by atoms with Gasteiger partial charge in [-0.05, 0) is 0 Å². The molecule has 3 amide bonds. The van der Waals surface area contributed by atoms with Crippen LogP contribution in [0.1, 0.15) is 19.8 Å². The Morgan fingerprint density at radius 3 is 2.24 bits per heavy atom. The second kappa shape index (κ2) is 5.26. The monoisotopic (exact) mass is 306 g/mol. The number of halogens is 1. The molecule has 1 aliphatic heterocycles. The third-order valence-electron chi connectivity index (χ3n) is 2.36. The first-order valence-electron chi connectivity index (χ1n) is 4.86. The number of carboxylic acid groups (broad SMARTS) is 1. The van der Waals surface area contributed by atoms with Gasteiger partial charge in [0.25, 0.3) is 0 Å². The number of hydrogen-bond donors (Lipinski definition) is 1. The number of hydrogen-bond acceptors (Lipinski definition) is 4. The lowest BCUT2D eigenvalue weighted by molar-refractivity contribution is -0.154. The van der Waals surface area contributed by atoms with Crippen molar-refractivity contribution in [1.82, 2.24) is 8.83 Å². The van der Waals surface area contributed by atoms with Crippen LogP contribution in [0.4, 0.5) is 0 Å². The predicted octanol–water partition coefficient (Wildman–Crippen LogP) is -0.253. The van der Waals surface area contributed by atoms with Crippen LogP contribution in [0.5, 0.6) is 0 Å². The first kappa shape index (κ1) is 13.6. The standard InChI is InChI=1S/C9H11BrN2O5/c1-5(13)11(10)4-6(9(16)17)12-7(14)2-3-8(12)15/h6H,2-4H2,1H3,(H,16,17). The summed E-state index contributed by atoms with van der Waals surface area (Å²) in [6.07, 6.45) is 0.0376. The fourth-order valence-corrected chi connectivity index (χ4v) is 1.77. The summed E-state index contributed by atoms with van der Waals surface area (Å²) in [6.45, 7) is 0.962. The Bertz CT molecular complexity index is 368. The van der Waals surface area contributed by atoms with Gasteiger partial charge in [0, 0.05) is 19.8 Å². The fraction of sp³-hybridized carbons (Fsp3) is 0.556. The highest BCUT2D eigenvalue weighted by atomic mass is 79.9. The molecule has 1 rings (SSSR count). The van der Waals surface area contributed by atoms with Crippen molar-refractivity contribution in [1.29, 1.82) is 0 Å². The highest BCUT2D eigenvalue weighted by Crippen LogP contribution is 2.17. The molecule has 0 aromatic heterocycles. The van der Waals surface area contributed by atoms with E-state index in [0.717, 1.165) is 3.93 Å². The Kier molecular flexibility index (Phi) is 4.22. The van der Waals surface area contributed by atoms with Crippen molar-refractivity contribution >= 4 is 39.8 Å². The predicted molar refractivity (Wildman–Crippen MR) is 58.8 cm³/mol. The molecule has 0 saturated carbocycles. The molecular formula is C9H11BrN2O5. The van der Waals surface area contributed by atoms with E-state index >= 15 is 0 Å². The zero-order valence-corrected chi connectivity index (χ0v) is 10.6. The molecule has 1 heterocycles. The molecule has 94 valence electrons. The van der Waals surface area contributed by atoms with Gasteiger partial charge in [0.2, 0.25) is 17.7 Å². The van der Waals surface area contributed by atoms with Gasteiger partial charge in [0.1, 0.15) is 0 Å². The maximum absolute atomic E-state index is 11.4. The molecule has 17 heavy (non-hydrogen) atoms. The van der Waals surface area contributed by atoms with E-state index in [1.807, 2.05) is 0 Å². The topological polar surface area (TPSA) is 95.0 Å². The average molecular weight is 307 g/mol. The van der Waals surface area contributed by atoms with Gasteiger partial charge in [0.15, 0.2) is 6.04 Å². The van der Waals surface area contributed by atoms with Gasteiger partial charge in [-0.3, -0.25) is 23.2 Å². The largest absolute Gasteiger partial charge is 0.480 e. The van der Waals surface area contributed by atoms with Gasteiger partial charge in [-0.2, -0.15) is 0 Å². The number of carbonyl (C=O) groups is 4.